The summed E-state index contributed by atoms with van der Waals surface area (Å²) < 4.78 is 18.9. The molecule has 0 saturated carbocycles. The van der Waals surface area contributed by atoms with E-state index in [1.165, 1.54) is 31.4 Å². The van der Waals surface area contributed by atoms with E-state index < -0.39 is 11.0 Å². The van der Waals surface area contributed by atoms with Crippen molar-refractivity contribution >= 4 is 17.3 Å². The lowest BCUT2D eigenvalue weighted by Crippen LogP contribution is -2.39. The van der Waals surface area contributed by atoms with Crippen LogP contribution in [0.3, 0.4) is 0 Å². The largest absolute Gasteiger partial charge is 0.494 e. The molecular weight excluding hydrogens is 341 g/mol. The molecule has 0 heterocycles. The maximum Gasteiger partial charge on any atom is 0.273 e. The Kier molecular flexibility index (Phi) is 6.24. The lowest BCUT2D eigenvalue weighted by atomic mass is 10.1. The van der Waals surface area contributed by atoms with Crippen molar-refractivity contribution in [2.24, 2.45) is 0 Å². The molecule has 2 aromatic rings. The summed E-state index contributed by atoms with van der Waals surface area (Å²) in [6, 6.07) is 9.75. The van der Waals surface area contributed by atoms with Crippen LogP contribution in [0.1, 0.15) is 12.5 Å². The number of amides is 1. The zero-order valence-electron chi connectivity index (χ0n) is 14.7. The number of nitrogens with zero attached hydrogens (tertiary/aromatic N) is 2. The summed E-state index contributed by atoms with van der Waals surface area (Å²) in [5.74, 6) is -0.475. The molecule has 1 amide bonds. The molecule has 0 radical (unpaired) electrons. The van der Waals surface area contributed by atoms with Crippen LogP contribution in [0.25, 0.3) is 0 Å². The minimum Gasteiger partial charge on any atom is -0.494 e. The van der Waals surface area contributed by atoms with Crippen LogP contribution < -0.4 is 10.1 Å². The zero-order valence-corrected chi connectivity index (χ0v) is 14.7. The molecule has 0 unspecified atom stereocenters. The predicted octanol–water partition coefficient (Wildman–Crippen LogP) is 3.20. The van der Waals surface area contributed by atoms with Crippen LogP contribution in [0.4, 0.5) is 15.8 Å². The zero-order chi connectivity index (χ0) is 19.3. The van der Waals surface area contributed by atoms with Crippen molar-refractivity contribution < 1.29 is 18.8 Å². The number of nitrogens with one attached hydrogen (secondary N) is 1. The average molecular weight is 361 g/mol. The summed E-state index contributed by atoms with van der Waals surface area (Å²) in [4.78, 5) is 24.5. The van der Waals surface area contributed by atoms with E-state index in [1.807, 2.05) is 0 Å². The number of hydrogen-bond acceptors (Lipinski definition) is 5. The summed E-state index contributed by atoms with van der Waals surface area (Å²) in [7, 11) is 3.08. The highest BCUT2D eigenvalue weighted by molar-refractivity contribution is 5.96. The van der Waals surface area contributed by atoms with Gasteiger partial charge in [-0.3, -0.25) is 19.8 Å². The van der Waals surface area contributed by atoms with E-state index in [-0.39, 0.29) is 29.7 Å². The number of carbonyl (C=O) groups excluding carboxylic acids is 1. The van der Waals surface area contributed by atoms with Gasteiger partial charge in [-0.05, 0) is 26.1 Å². The molecule has 0 saturated heterocycles. The number of rotatable bonds is 7. The standard InChI is InChI=1S/C18H20FN3O4/c1-12(21(2)11-13-6-4-5-7-15(13)19)18(23)20-16-9-8-14(22(24)25)10-17(16)26-3/h4-10,12H,11H2,1-3H3,(H,20,23)/t12-/m0/s1. The Hall–Kier alpha value is -3.00. The quantitative estimate of drug-likeness (QED) is 0.605. The first-order valence-electron chi connectivity index (χ1n) is 7.90. The minimum absolute atomic E-state index is 0.135. The SMILES string of the molecule is COc1cc([N+](=O)[O-])ccc1NC(=O)[C@H](C)N(C)Cc1ccccc1F. The van der Waals surface area contributed by atoms with Crippen molar-refractivity contribution in [3.05, 3.63) is 64.0 Å². The summed E-state index contributed by atoms with van der Waals surface area (Å²) >= 11 is 0. The van der Waals surface area contributed by atoms with Crippen LogP contribution in [0, 0.1) is 15.9 Å². The molecule has 0 aliphatic heterocycles. The molecule has 8 heteroatoms. The first-order valence-corrected chi connectivity index (χ1v) is 7.90. The lowest BCUT2D eigenvalue weighted by Gasteiger charge is -2.24. The number of likely N-dealkylation sites (N-methyl/N-ethyl adjacent to an activating group) is 1. The van der Waals surface area contributed by atoms with E-state index in [1.54, 1.807) is 37.1 Å². The van der Waals surface area contributed by atoms with E-state index in [9.17, 15) is 19.3 Å². The molecule has 0 bridgehead atoms. The first kappa shape index (κ1) is 19.3. The van der Waals surface area contributed by atoms with Gasteiger partial charge >= 0.3 is 0 Å². The van der Waals surface area contributed by atoms with Gasteiger partial charge < -0.3 is 10.1 Å². The van der Waals surface area contributed by atoms with Crippen molar-refractivity contribution in [3.63, 3.8) is 0 Å². The Labute approximate surface area is 150 Å². The van der Waals surface area contributed by atoms with Gasteiger partial charge in [0.05, 0.1) is 29.8 Å². The van der Waals surface area contributed by atoms with Crippen molar-refractivity contribution in [1.29, 1.82) is 0 Å². The van der Waals surface area contributed by atoms with Crippen molar-refractivity contribution in [2.75, 3.05) is 19.5 Å². The smallest absolute Gasteiger partial charge is 0.273 e. The third kappa shape index (κ3) is 4.54. The third-order valence-electron chi connectivity index (χ3n) is 4.07. The van der Waals surface area contributed by atoms with E-state index in [4.69, 9.17) is 4.74 Å². The topological polar surface area (TPSA) is 84.7 Å². The van der Waals surface area contributed by atoms with Crippen LogP contribution in [0.15, 0.2) is 42.5 Å². The maximum absolute atomic E-state index is 13.8. The highest BCUT2D eigenvalue weighted by atomic mass is 19.1. The van der Waals surface area contributed by atoms with Crippen LogP contribution in [0.5, 0.6) is 5.75 Å². The van der Waals surface area contributed by atoms with Crippen LogP contribution in [-0.4, -0.2) is 35.9 Å². The van der Waals surface area contributed by atoms with Crippen LogP contribution in [0.2, 0.25) is 0 Å². The Balaban J connectivity index is 2.09. The molecule has 2 rings (SSSR count). The number of methoxy groups -OCH3 is 1. The molecule has 7 nitrogen and oxygen atoms in total. The lowest BCUT2D eigenvalue weighted by molar-refractivity contribution is -0.384. The maximum atomic E-state index is 13.8. The fourth-order valence-corrected chi connectivity index (χ4v) is 2.37. The fourth-order valence-electron chi connectivity index (χ4n) is 2.37. The van der Waals surface area contributed by atoms with E-state index >= 15 is 0 Å². The summed E-state index contributed by atoms with van der Waals surface area (Å²) in [6.07, 6.45) is 0. The van der Waals surface area contributed by atoms with Gasteiger partial charge in [0, 0.05) is 18.2 Å². The summed E-state index contributed by atoms with van der Waals surface area (Å²) in [5, 5.41) is 13.5. The predicted molar refractivity (Wildman–Crippen MR) is 95.6 cm³/mol. The molecular formula is C18H20FN3O4. The van der Waals surface area contributed by atoms with Gasteiger partial charge in [0.1, 0.15) is 11.6 Å². The number of benzene rings is 2. The van der Waals surface area contributed by atoms with Gasteiger partial charge in [0.25, 0.3) is 5.69 Å². The second-order valence-electron chi connectivity index (χ2n) is 5.81. The van der Waals surface area contributed by atoms with Crippen molar-refractivity contribution in [2.45, 2.75) is 19.5 Å². The summed E-state index contributed by atoms with van der Waals surface area (Å²) in [5.41, 5.74) is 0.682. The van der Waals surface area contributed by atoms with Crippen molar-refractivity contribution in [3.8, 4) is 5.75 Å². The van der Waals surface area contributed by atoms with Gasteiger partial charge in [0.2, 0.25) is 5.91 Å². The van der Waals surface area contributed by atoms with Gasteiger partial charge in [-0.1, -0.05) is 18.2 Å². The Morgan fingerprint density at radius 1 is 1.35 bits per heavy atom. The molecule has 0 aromatic heterocycles. The molecule has 138 valence electrons. The number of ether oxygens (including phenoxy) is 1. The molecule has 2 aromatic carbocycles. The van der Waals surface area contributed by atoms with E-state index in [2.05, 4.69) is 5.32 Å². The molecule has 26 heavy (non-hydrogen) atoms. The Morgan fingerprint density at radius 3 is 2.65 bits per heavy atom. The Morgan fingerprint density at radius 2 is 2.04 bits per heavy atom. The number of non-ortho nitro benzene ring substituents is 1. The van der Waals surface area contributed by atoms with Gasteiger partial charge in [-0.25, -0.2) is 4.39 Å². The number of nitro benzene ring substituents is 1. The first-order chi connectivity index (χ1) is 12.3. The second-order valence-corrected chi connectivity index (χ2v) is 5.81. The highest BCUT2D eigenvalue weighted by Gasteiger charge is 2.21. The van der Waals surface area contributed by atoms with Crippen molar-refractivity contribution in [1.82, 2.24) is 4.90 Å². The molecule has 0 spiro atoms. The number of hydrogen-bond donors (Lipinski definition) is 1. The van der Waals surface area contributed by atoms with Crippen LogP contribution in [-0.2, 0) is 11.3 Å². The normalized spacial score (nSPS) is 11.9. The number of anilines is 1. The highest BCUT2D eigenvalue weighted by Crippen LogP contribution is 2.29. The average Bonchev–Trinajstić information content (AvgIpc) is 2.62. The molecule has 0 aliphatic carbocycles. The fraction of sp³-hybridized carbons (Fsp3) is 0.278. The van der Waals surface area contributed by atoms with Gasteiger partial charge in [-0.15, -0.1) is 0 Å². The third-order valence-corrected chi connectivity index (χ3v) is 4.07. The van der Waals surface area contributed by atoms with Gasteiger partial charge in [-0.2, -0.15) is 0 Å². The minimum atomic E-state index is -0.561. The molecule has 0 aliphatic rings. The summed E-state index contributed by atoms with van der Waals surface area (Å²) in [6.45, 7) is 1.95. The number of nitro groups is 1. The molecule has 1 N–H and O–H groups in total. The monoisotopic (exact) mass is 361 g/mol. The van der Waals surface area contributed by atoms with E-state index in [0.717, 1.165) is 0 Å². The number of carbonyl (C=O) groups is 1. The van der Waals surface area contributed by atoms with Gasteiger partial charge in [0.15, 0.2) is 0 Å². The van der Waals surface area contributed by atoms with Crippen LogP contribution >= 0.6 is 0 Å². The number of halogens is 1. The van der Waals surface area contributed by atoms with E-state index in [0.29, 0.717) is 11.3 Å². The molecule has 0 fully saturated rings. The Bertz CT molecular complexity index is 813. The second kappa shape index (κ2) is 8.39. The molecule has 1 atom stereocenters.